The summed E-state index contributed by atoms with van der Waals surface area (Å²) in [6.45, 7) is 12.0. The van der Waals surface area contributed by atoms with Crippen molar-refractivity contribution in [1.82, 2.24) is 60.4 Å². The van der Waals surface area contributed by atoms with Crippen LogP contribution in [0.4, 0.5) is 26.3 Å². The second kappa shape index (κ2) is 26.5. The summed E-state index contributed by atoms with van der Waals surface area (Å²) in [5.74, 6) is -1.69. The molecule has 0 radical (unpaired) electrons. The first kappa shape index (κ1) is 63.7. The van der Waals surface area contributed by atoms with Crippen molar-refractivity contribution >= 4 is 75.2 Å². The lowest BCUT2D eigenvalue weighted by Crippen LogP contribution is -2.56. The number of halogens is 8. The fourth-order valence-corrected chi connectivity index (χ4v) is 10.5. The molecule has 6 aromatic rings. The van der Waals surface area contributed by atoms with Gasteiger partial charge in [-0.25, -0.2) is 9.97 Å². The normalized spacial score (nSPS) is 18.4. The molecule has 454 valence electrons. The molecule has 5 N–H and O–H groups in total. The molecule has 0 aliphatic carbocycles. The Hall–Kier alpha value is -7.29. The van der Waals surface area contributed by atoms with E-state index >= 15 is 0 Å². The monoisotopic (exact) mass is 1220 g/mol. The third kappa shape index (κ3) is 16.6. The summed E-state index contributed by atoms with van der Waals surface area (Å²) in [6.07, 6.45) is -4.99. The summed E-state index contributed by atoms with van der Waals surface area (Å²) in [6, 6.07) is 16.9. The predicted octanol–water partition coefficient (Wildman–Crippen LogP) is 5.96. The number of likely N-dealkylation sites (tertiary alicyclic amines) is 2. The summed E-state index contributed by atoms with van der Waals surface area (Å²) in [5.41, 5.74) is 1.47. The Labute approximate surface area is 494 Å². The molecule has 2 aromatic carbocycles. The van der Waals surface area contributed by atoms with Crippen molar-refractivity contribution in [2.24, 2.45) is 10.8 Å². The molecule has 2 unspecified atom stereocenters. The van der Waals surface area contributed by atoms with Crippen molar-refractivity contribution in [2.75, 3.05) is 65.4 Å². The number of benzene rings is 2. The number of rotatable bonds is 13. The smallest absolute Gasteiger partial charge is 0.348 e. The van der Waals surface area contributed by atoms with E-state index in [2.05, 4.69) is 50.4 Å². The largest absolute Gasteiger partial charge is 0.405 e. The second-order valence-electron chi connectivity index (χ2n) is 22.9. The molecule has 0 saturated carbocycles. The average molecular weight is 1230 g/mol. The molecule has 4 aliphatic rings. The lowest BCUT2D eigenvalue weighted by atomic mass is 9.84. The second-order valence-corrected chi connectivity index (χ2v) is 23.8. The highest BCUT2D eigenvalue weighted by atomic mass is 35.5. The third-order valence-corrected chi connectivity index (χ3v) is 15.1. The van der Waals surface area contributed by atoms with Gasteiger partial charge in [0.15, 0.2) is 6.29 Å². The number of carbonyl (C=O) groups is 5. The summed E-state index contributed by atoms with van der Waals surface area (Å²) in [4.78, 5) is 104. The zero-order valence-electron chi connectivity index (χ0n) is 46.9. The number of nitrogens with one attached hydrogen (secondary N) is 5. The van der Waals surface area contributed by atoms with Gasteiger partial charge in [0.2, 0.25) is 11.8 Å². The van der Waals surface area contributed by atoms with Crippen LogP contribution in [-0.2, 0) is 42.3 Å². The van der Waals surface area contributed by atoms with Crippen LogP contribution in [0.5, 0.6) is 0 Å². The number of amides is 4. The van der Waals surface area contributed by atoms with Gasteiger partial charge in [0.05, 0.1) is 0 Å². The Balaban J connectivity index is 0.000000194. The number of aldehydes is 1. The van der Waals surface area contributed by atoms with Crippen LogP contribution in [0.25, 0.3) is 22.1 Å². The first-order chi connectivity index (χ1) is 40.1. The molecule has 0 spiro atoms. The van der Waals surface area contributed by atoms with Gasteiger partial charge in [-0.3, -0.25) is 47.6 Å². The molecule has 10 rings (SSSR count). The Morgan fingerprint density at radius 1 is 0.635 bits per heavy atom. The Morgan fingerprint density at radius 3 is 1.52 bits per heavy atom. The molecular weight excluding hydrogens is 1160 g/mol. The standard InChI is InChI=1S/C29H32ClF3N6O3.C24H23ClN4O4.C5H9F3N2/c1-28(2)16-38(17-28)24(40)15-39-25-20(9-19(12-35-25)13-37-8-7-34-23(14-37)29(31,32)33)10-22(27(39)42)26(41)36-11-18-3-5-21(30)6-4-18;1-24(2)13-28(14-24)20(31)11-29-21-17(7-16(12-30)10-26-21)8-19(23(29)33)22(32)27-9-15-3-5-18(25)6-4-15;6-5(7,8)4-3-9-1-2-10-4/h3-6,9-10,12,23,34H,7-8,11,13-17H2,1-2H3,(H,36,41);3-8,10,12H,9,11,13-14H2,1-2H3,(H,27,32);4,9-10H,1-3H2. The SMILES string of the molecule is CC1(C)CN(C(=O)Cn2c(=O)c(C(=O)NCc3ccc(Cl)cc3)cc3cc(C=O)cnc32)C1.CC1(C)CN(C(=O)Cn2c(=O)c(C(=O)NCc3ccc(Cl)cc3)cc3cc(CN4CCNC(C(F)(F)F)C4)cnc32)C1.FC(F)(F)C1CNCCN1. The average Bonchev–Trinajstić information content (AvgIpc) is 1.12. The van der Waals surface area contributed by atoms with Gasteiger partial charge >= 0.3 is 12.4 Å². The van der Waals surface area contributed by atoms with Crippen molar-refractivity contribution in [3.8, 4) is 0 Å². The maximum Gasteiger partial charge on any atom is 0.405 e. The molecule has 4 aliphatic heterocycles. The minimum atomic E-state index is -4.36. The number of alkyl halides is 6. The molecule has 4 aromatic heterocycles. The summed E-state index contributed by atoms with van der Waals surface area (Å²) in [7, 11) is 0. The number of nitrogens with zero attached hydrogens (tertiary/aromatic N) is 7. The highest BCUT2D eigenvalue weighted by molar-refractivity contribution is 6.30. The quantitative estimate of drug-likeness (QED) is 0.0667. The molecule has 27 heteroatoms. The van der Waals surface area contributed by atoms with E-state index in [4.69, 9.17) is 23.2 Å². The van der Waals surface area contributed by atoms with Crippen molar-refractivity contribution in [1.29, 1.82) is 0 Å². The predicted molar refractivity (Wildman–Crippen MR) is 307 cm³/mol. The van der Waals surface area contributed by atoms with Gasteiger partial charge in [0.25, 0.3) is 22.9 Å². The number of aromatic nitrogens is 4. The van der Waals surface area contributed by atoms with Crippen LogP contribution in [0, 0.1) is 10.8 Å². The molecule has 8 heterocycles. The molecule has 0 bridgehead atoms. The van der Waals surface area contributed by atoms with Gasteiger partial charge in [0.1, 0.15) is 47.6 Å². The zero-order chi connectivity index (χ0) is 61.6. The fraction of sp³-hybridized carbons (Fsp3) is 0.431. The van der Waals surface area contributed by atoms with E-state index in [1.165, 1.54) is 33.7 Å². The lowest BCUT2D eigenvalue weighted by molar-refractivity contribution is -0.165. The minimum Gasteiger partial charge on any atom is -0.348 e. The number of hydrogen-bond donors (Lipinski definition) is 5. The van der Waals surface area contributed by atoms with Crippen LogP contribution in [0.2, 0.25) is 10.0 Å². The molecule has 19 nitrogen and oxygen atoms in total. The van der Waals surface area contributed by atoms with Crippen molar-refractivity contribution in [3.05, 3.63) is 149 Å². The van der Waals surface area contributed by atoms with Crippen molar-refractivity contribution < 1.29 is 50.3 Å². The van der Waals surface area contributed by atoms with E-state index in [1.807, 2.05) is 13.8 Å². The highest BCUT2D eigenvalue weighted by Crippen LogP contribution is 2.31. The van der Waals surface area contributed by atoms with Crippen molar-refractivity contribution in [3.63, 3.8) is 0 Å². The van der Waals surface area contributed by atoms with Gasteiger partial charge in [-0.1, -0.05) is 75.2 Å². The van der Waals surface area contributed by atoms with Gasteiger partial charge in [-0.15, -0.1) is 0 Å². The first-order valence-electron chi connectivity index (χ1n) is 27.2. The molecule has 4 fully saturated rings. The maximum absolute atomic E-state index is 13.6. The van der Waals surface area contributed by atoms with Crippen LogP contribution >= 0.6 is 23.2 Å². The Kier molecular flexibility index (Phi) is 19.9. The van der Waals surface area contributed by atoms with Gasteiger partial charge in [-0.2, -0.15) is 26.3 Å². The summed E-state index contributed by atoms with van der Waals surface area (Å²) < 4.78 is 77.8. The number of pyridine rings is 4. The summed E-state index contributed by atoms with van der Waals surface area (Å²) in [5, 5.41) is 15.0. The molecule has 4 amide bonds. The van der Waals surface area contributed by atoms with Gasteiger partial charge in [-0.05, 0) is 76.1 Å². The molecule has 4 saturated heterocycles. The summed E-state index contributed by atoms with van der Waals surface area (Å²) >= 11 is 11.8. The van der Waals surface area contributed by atoms with E-state index in [1.54, 1.807) is 75.4 Å². The Bertz CT molecular complexity index is 3560. The van der Waals surface area contributed by atoms with Crippen LogP contribution < -0.4 is 37.7 Å². The fourth-order valence-electron chi connectivity index (χ4n) is 10.2. The van der Waals surface area contributed by atoms with Gasteiger partial charge in [0, 0.05) is 124 Å². The van der Waals surface area contributed by atoms with Crippen LogP contribution in [0.3, 0.4) is 0 Å². The molecule has 2 atom stereocenters. The third-order valence-electron chi connectivity index (χ3n) is 14.6. The van der Waals surface area contributed by atoms with Crippen molar-refractivity contribution in [2.45, 2.75) is 84.9 Å². The van der Waals surface area contributed by atoms with Crippen LogP contribution in [-0.4, -0.2) is 154 Å². The van der Waals surface area contributed by atoms with E-state index in [-0.39, 0.29) is 97.4 Å². The number of carbonyl (C=O) groups excluding carboxylic acids is 5. The van der Waals surface area contributed by atoms with E-state index in [0.717, 1.165) is 11.1 Å². The van der Waals surface area contributed by atoms with Crippen LogP contribution in [0.1, 0.15) is 75.5 Å². The maximum atomic E-state index is 13.6. The first-order valence-corrected chi connectivity index (χ1v) is 28.0. The molecule has 85 heavy (non-hydrogen) atoms. The van der Waals surface area contributed by atoms with E-state index in [0.29, 0.717) is 84.0 Å². The topological polar surface area (TPSA) is 225 Å². The van der Waals surface area contributed by atoms with Crippen LogP contribution in [0.15, 0.2) is 94.8 Å². The minimum absolute atomic E-state index is 0.00562. The number of hydrogen-bond acceptors (Lipinski definition) is 13. The van der Waals surface area contributed by atoms with Gasteiger partial charge < -0.3 is 36.4 Å². The lowest BCUT2D eigenvalue weighted by Gasteiger charge is -2.45. The number of fused-ring (bicyclic) bond motifs is 2. The molecular formula is C58H64Cl2F6N12O7. The van der Waals surface area contributed by atoms with E-state index < -0.39 is 47.4 Å². The van der Waals surface area contributed by atoms with E-state index in [9.17, 15) is 59.9 Å². The Morgan fingerprint density at radius 2 is 1.09 bits per heavy atom. The highest BCUT2D eigenvalue weighted by Gasteiger charge is 2.43. The number of piperazine rings is 2. The zero-order valence-corrected chi connectivity index (χ0v) is 48.4.